The number of rotatable bonds is 5. The van der Waals surface area contributed by atoms with Crippen LogP contribution in [0.5, 0.6) is 0 Å². The molecule has 0 saturated carbocycles. The number of imidazole rings is 1. The average Bonchev–Trinajstić information content (AvgIpc) is 2.70. The lowest BCUT2D eigenvalue weighted by Crippen LogP contribution is -2.08. The number of aliphatic hydroxyl groups excluding tert-OH is 1. The summed E-state index contributed by atoms with van der Waals surface area (Å²) >= 11 is 0. The van der Waals surface area contributed by atoms with Crippen LogP contribution in [0.4, 0.5) is 18.9 Å². The topological polar surface area (TPSA) is 64.1 Å². The van der Waals surface area contributed by atoms with Crippen LogP contribution in [0.2, 0.25) is 0 Å². The molecule has 0 fully saturated rings. The number of nitrogen functional groups attached to an aromatic ring is 1. The molecule has 0 radical (unpaired) electrons. The van der Waals surface area contributed by atoms with Crippen molar-refractivity contribution in [2.24, 2.45) is 0 Å². The molecule has 2 rings (SSSR count). The van der Waals surface area contributed by atoms with Gasteiger partial charge in [0.25, 0.3) is 0 Å². The summed E-state index contributed by atoms with van der Waals surface area (Å²) in [5.41, 5.74) is 7.63. The first kappa shape index (κ1) is 14.6. The van der Waals surface area contributed by atoms with E-state index in [1.165, 1.54) is 0 Å². The van der Waals surface area contributed by atoms with Crippen molar-refractivity contribution >= 4 is 16.7 Å². The first-order valence-electron chi connectivity index (χ1n) is 6.33. The number of alkyl halides is 3. The Hall–Kier alpha value is -1.76. The fourth-order valence-corrected chi connectivity index (χ4v) is 2.16. The normalized spacial score (nSPS) is 12.2. The summed E-state index contributed by atoms with van der Waals surface area (Å²) in [4.78, 5) is 4.23. The number of unbranched alkanes of at least 4 members (excludes halogenated alkanes) is 1. The maximum absolute atomic E-state index is 12.1. The Kier molecular flexibility index (Phi) is 4.17. The standard InChI is InChI=1S/C13H16F3N3O/c14-13(15,16)5-1-2-6-19-11-4-3-9(17)7-10(11)18-12(19)8-20/h3-4,7,20H,1-2,5-6,8,17H2. The summed E-state index contributed by atoms with van der Waals surface area (Å²) in [6.45, 7) is 0.139. The van der Waals surface area contributed by atoms with E-state index in [1.54, 1.807) is 22.8 Å². The molecular weight excluding hydrogens is 271 g/mol. The second kappa shape index (κ2) is 5.70. The van der Waals surface area contributed by atoms with E-state index in [0.717, 1.165) is 5.52 Å². The summed E-state index contributed by atoms with van der Waals surface area (Å²) in [6.07, 6.45) is -4.47. The number of aryl methyl sites for hydroxylation is 1. The molecule has 0 amide bonds. The Morgan fingerprint density at radius 2 is 2.00 bits per heavy atom. The number of fused-ring (bicyclic) bond motifs is 1. The van der Waals surface area contributed by atoms with E-state index in [1.807, 2.05) is 0 Å². The van der Waals surface area contributed by atoms with E-state index < -0.39 is 12.6 Å². The van der Waals surface area contributed by atoms with Crippen LogP contribution in [0, 0.1) is 0 Å². The lowest BCUT2D eigenvalue weighted by molar-refractivity contribution is -0.135. The molecule has 1 aromatic heterocycles. The second-order valence-electron chi connectivity index (χ2n) is 4.66. The van der Waals surface area contributed by atoms with E-state index in [-0.39, 0.29) is 13.0 Å². The van der Waals surface area contributed by atoms with E-state index in [0.29, 0.717) is 30.0 Å². The van der Waals surface area contributed by atoms with Crippen molar-refractivity contribution in [3.05, 3.63) is 24.0 Å². The third-order valence-corrected chi connectivity index (χ3v) is 3.08. The molecule has 110 valence electrons. The Balaban J connectivity index is 2.12. The summed E-state index contributed by atoms with van der Waals surface area (Å²) in [5.74, 6) is 0.442. The molecule has 0 saturated heterocycles. The number of halogens is 3. The minimum atomic E-state index is -4.12. The number of hydrogen-bond donors (Lipinski definition) is 2. The third kappa shape index (κ3) is 3.41. The fraction of sp³-hybridized carbons (Fsp3) is 0.462. The van der Waals surface area contributed by atoms with Crippen LogP contribution in [-0.4, -0.2) is 20.8 Å². The predicted octanol–water partition coefficient (Wildman–Crippen LogP) is 2.84. The van der Waals surface area contributed by atoms with Gasteiger partial charge in [-0.25, -0.2) is 4.98 Å². The van der Waals surface area contributed by atoms with Gasteiger partial charge in [-0.1, -0.05) is 0 Å². The number of nitrogens with zero attached hydrogens (tertiary/aromatic N) is 2. The van der Waals surface area contributed by atoms with Crippen LogP contribution in [0.15, 0.2) is 18.2 Å². The van der Waals surface area contributed by atoms with Crippen molar-refractivity contribution in [3.63, 3.8) is 0 Å². The van der Waals surface area contributed by atoms with Crippen molar-refractivity contribution in [2.45, 2.75) is 38.6 Å². The Morgan fingerprint density at radius 3 is 2.65 bits per heavy atom. The number of anilines is 1. The van der Waals surface area contributed by atoms with Crippen LogP contribution in [0.25, 0.3) is 11.0 Å². The minimum Gasteiger partial charge on any atom is -0.399 e. The van der Waals surface area contributed by atoms with Crippen molar-refractivity contribution in [1.29, 1.82) is 0 Å². The Labute approximate surface area is 114 Å². The van der Waals surface area contributed by atoms with Crippen molar-refractivity contribution < 1.29 is 18.3 Å². The van der Waals surface area contributed by atoms with Crippen LogP contribution < -0.4 is 5.73 Å². The van der Waals surface area contributed by atoms with Gasteiger partial charge >= 0.3 is 6.18 Å². The van der Waals surface area contributed by atoms with E-state index >= 15 is 0 Å². The van der Waals surface area contributed by atoms with Gasteiger partial charge in [-0.15, -0.1) is 0 Å². The van der Waals surface area contributed by atoms with E-state index in [4.69, 9.17) is 5.73 Å². The largest absolute Gasteiger partial charge is 0.399 e. The lowest BCUT2D eigenvalue weighted by atomic mass is 10.2. The molecule has 20 heavy (non-hydrogen) atoms. The smallest absolute Gasteiger partial charge is 0.389 e. The Morgan fingerprint density at radius 1 is 1.25 bits per heavy atom. The van der Waals surface area contributed by atoms with Gasteiger partial charge in [0.2, 0.25) is 0 Å². The van der Waals surface area contributed by atoms with Crippen LogP contribution in [0.3, 0.4) is 0 Å². The molecule has 0 unspecified atom stereocenters. The van der Waals surface area contributed by atoms with Gasteiger partial charge in [-0.3, -0.25) is 0 Å². The zero-order valence-electron chi connectivity index (χ0n) is 10.8. The number of aliphatic hydroxyl groups is 1. The molecule has 4 nitrogen and oxygen atoms in total. The maximum atomic E-state index is 12.1. The van der Waals surface area contributed by atoms with Crippen LogP contribution in [0.1, 0.15) is 25.1 Å². The van der Waals surface area contributed by atoms with E-state index in [2.05, 4.69) is 4.98 Å². The SMILES string of the molecule is Nc1ccc2c(c1)nc(CO)n2CCCCC(F)(F)F. The molecule has 0 aliphatic heterocycles. The third-order valence-electron chi connectivity index (χ3n) is 3.08. The molecule has 0 bridgehead atoms. The summed E-state index contributed by atoms with van der Waals surface area (Å²) < 4.78 is 38.0. The highest BCUT2D eigenvalue weighted by Gasteiger charge is 2.25. The second-order valence-corrected chi connectivity index (χ2v) is 4.66. The number of benzene rings is 1. The first-order chi connectivity index (χ1) is 9.40. The van der Waals surface area contributed by atoms with Gasteiger partial charge in [0.15, 0.2) is 0 Å². The summed E-state index contributed by atoms with van der Waals surface area (Å²) in [7, 11) is 0. The maximum Gasteiger partial charge on any atom is 0.389 e. The molecule has 0 spiro atoms. The van der Waals surface area contributed by atoms with Gasteiger partial charge in [-0.05, 0) is 31.0 Å². The quantitative estimate of drug-likeness (QED) is 0.656. The average molecular weight is 287 g/mol. The highest BCUT2D eigenvalue weighted by molar-refractivity contribution is 5.79. The molecule has 1 aromatic carbocycles. The zero-order chi connectivity index (χ0) is 14.8. The van der Waals surface area contributed by atoms with Gasteiger partial charge < -0.3 is 15.4 Å². The highest BCUT2D eigenvalue weighted by Crippen LogP contribution is 2.24. The molecule has 7 heteroatoms. The van der Waals surface area contributed by atoms with E-state index in [9.17, 15) is 18.3 Å². The predicted molar refractivity (Wildman–Crippen MR) is 70.0 cm³/mol. The molecule has 0 atom stereocenters. The van der Waals surface area contributed by atoms with Crippen molar-refractivity contribution in [2.75, 3.05) is 5.73 Å². The Bertz CT molecular complexity index is 592. The van der Waals surface area contributed by atoms with Gasteiger partial charge in [-0.2, -0.15) is 13.2 Å². The summed E-state index contributed by atoms with van der Waals surface area (Å²) in [5, 5.41) is 9.28. The van der Waals surface area contributed by atoms with Gasteiger partial charge in [0.05, 0.1) is 11.0 Å². The zero-order valence-corrected chi connectivity index (χ0v) is 10.8. The highest BCUT2D eigenvalue weighted by atomic mass is 19.4. The fourth-order valence-electron chi connectivity index (χ4n) is 2.16. The number of nitrogens with two attached hydrogens (primary N) is 1. The van der Waals surface area contributed by atoms with Gasteiger partial charge in [0.1, 0.15) is 12.4 Å². The van der Waals surface area contributed by atoms with Crippen molar-refractivity contribution in [1.82, 2.24) is 9.55 Å². The lowest BCUT2D eigenvalue weighted by Gasteiger charge is -2.09. The number of aromatic nitrogens is 2. The first-order valence-corrected chi connectivity index (χ1v) is 6.33. The van der Waals surface area contributed by atoms with Crippen LogP contribution in [-0.2, 0) is 13.2 Å². The molecular formula is C13H16F3N3O. The molecule has 2 aromatic rings. The minimum absolute atomic E-state index is 0.0585. The molecule has 0 aliphatic carbocycles. The number of hydrogen-bond acceptors (Lipinski definition) is 3. The monoisotopic (exact) mass is 287 g/mol. The molecule has 3 N–H and O–H groups in total. The van der Waals surface area contributed by atoms with Crippen LogP contribution >= 0.6 is 0 Å². The molecule has 1 heterocycles. The molecule has 0 aliphatic rings. The van der Waals surface area contributed by atoms with Gasteiger partial charge in [0, 0.05) is 18.7 Å². The van der Waals surface area contributed by atoms with Crippen molar-refractivity contribution in [3.8, 4) is 0 Å². The summed E-state index contributed by atoms with van der Waals surface area (Å²) in [6, 6.07) is 5.15.